The molecule has 2 amide bonds. The normalized spacial score (nSPS) is 16.4. The molecule has 7 heteroatoms. The summed E-state index contributed by atoms with van der Waals surface area (Å²) in [4.78, 5) is 28.5. The average Bonchev–Trinajstić information content (AvgIpc) is 3.15. The highest BCUT2D eigenvalue weighted by Crippen LogP contribution is 2.12. The van der Waals surface area contributed by atoms with E-state index in [-0.39, 0.29) is 29.2 Å². The number of aromatic nitrogens is 1. The van der Waals surface area contributed by atoms with Gasteiger partial charge < -0.3 is 15.4 Å². The largest absolute Gasteiger partial charge is 0.376 e. The first-order chi connectivity index (χ1) is 12.1. The number of benzene rings is 1. The summed E-state index contributed by atoms with van der Waals surface area (Å²) in [5.74, 6) is -1.21. The maximum Gasteiger partial charge on any atom is 0.274 e. The van der Waals surface area contributed by atoms with Gasteiger partial charge in [-0.05, 0) is 49.2 Å². The van der Waals surface area contributed by atoms with Gasteiger partial charge >= 0.3 is 0 Å². The summed E-state index contributed by atoms with van der Waals surface area (Å²) in [5, 5.41) is 5.37. The van der Waals surface area contributed by atoms with E-state index in [2.05, 4.69) is 15.6 Å². The van der Waals surface area contributed by atoms with E-state index in [0.29, 0.717) is 12.2 Å². The van der Waals surface area contributed by atoms with Crippen LogP contribution in [-0.4, -0.2) is 36.1 Å². The van der Waals surface area contributed by atoms with Crippen LogP contribution in [0.1, 0.15) is 33.8 Å². The van der Waals surface area contributed by atoms with Gasteiger partial charge in [0.05, 0.1) is 6.10 Å². The van der Waals surface area contributed by atoms with E-state index < -0.39 is 5.91 Å². The van der Waals surface area contributed by atoms with Gasteiger partial charge in [-0.1, -0.05) is 6.07 Å². The molecule has 0 aliphatic carbocycles. The van der Waals surface area contributed by atoms with Gasteiger partial charge in [0.25, 0.3) is 11.8 Å². The summed E-state index contributed by atoms with van der Waals surface area (Å²) < 4.78 is 18.3. The van der Waals surface area contributed by atoms with Crippen LogP contribution >= 0.6 is 0 Å². The first kappa shape index (κ1) is 17.0. The van der Waals surface area contributed by atoms with E-state index in [1.807, 2.05) is 0 Å². The Morgan fingerprint density at radius 3 is 2.52 bits per heavy atom. The molecule has 1 atom stereocenters. The molecule has 1 aliphatic heterocycles. The summed E-state index contributed by atoms with van der Waals surface area (Å²) in [6, 6.07) is 10.0. The molecular formula is C18H18FN3O3. The first-order valence-electron chi connectivity index (χ1n) is 8.05. The van der Waals surface area contributed by atoms with Gasteiger partial charge in [-0.3, -0.25) is 9.59 Å². The van der Waals surface area contributed by atoms with Crippen LogP contribution in [0.3, 0.4) is 0 Å². The lowest BCUT2D eigenvalue weighted by Gasteiger charge is -2.11. The standard InChI is InChI=1S/C18H18FN3O3/c19-12-6-8-13(9-7-12)21-18(24)16-5-1-4-15(22-16)17(23)20-11-14-3-2-10-25-14/h1,4-9,14H,2-3,10-11H2,(H,20,23)(H,21,24). The Morgan fingerprint density at radius 1 is 1.12 bits per heavy atom. The minimum Gasteiger partial charge on any atom is -0.376 e. The molecule has 1 unspecified atom stereocenters. The average molecular weight is 343 g/mol. The number of carbonyl (C=O) groups excluding carboxylic acids is 2. The fourth-order valence-electron chi connectivity index (χ4n) is 2.52. The third kappa shape index (κ3) is 4.60. The van der Waals surface area contributed by atoms with Gasteiger partial charge in [-0.2, -0.15) is 0 Å². The zero-order valence-corrected chi connectivity index (χ0v) is 13.5. The van der Waals surface area contributed by atoms with Crippen molar-refractivity contribution in [2.24, 2.45) is 0 Å². The molecule has 2 aromatic rings. The third-order valence-electron chi connectivity index (χ3n) is 3.83. The van der Waals surface area contributed by atoms with Gasteiger partial charge in [0, 0.05) is 18.8 Å². The van der Waals surface area contributed by atoms with Crippen LogP contribution in [0.15, 0.2) is 42.5 Å². The lowest BCUT2D eigenvalue weighted by molar-refractivity contribution is 0.0853. The van der Waals surface area contributed by atoms with Gasteiger partial charge in [-0.15, -0.1) is 0 Å². The smallest absolute Gasteiger partial charge is 0.274 e. The number of carbonyl (C=O) groups is 2. The second kappa shape index (κ2) is 7.85. The monoisotopic (exact) mass is 343 g/mol. The quantitative estimate of drug-likeness (QED) is 0.873. The molecule has 25 heavy (non-hydrogen) atoms. The molecule has 1 aliphatic rings. The van der Waals surface area contributed by atoms with Crippen molar-refractivity contribution in [2.45, 2.75) is 18.9 Å². The molecule has 2 heterocycles. The second-order valence-electron chi connectivity index (χ2n) is 5.71. The van der Waals surface area contributed by atoms with Crippen LogP contribution in [0.2, 0.25) is 0 Å². The summed E-state index contributed by atoms with van der Waals surface area (Å²) in [6.45, 7) is 1.14. The molecule has 3 rings (SSSR count). The van der Waals surface area contributed by atoms with Crippen molar-refractivity contribution in [3.8, 4) is 0 Å². The predicted octanol–water partition coefficient (Wildman–Crippen LogP) is 2.38. The Bertz CT molecular complexity index is 758. The number of ether oxygens (including phenoxy) is 1. The van der Waals surface area contributed by atoms with Gasteiger partial charge in [0.1, 0.15) is 17.2 Å². The Morgan fingerprint density at radius 2 is 1.84 bits per heavy atom. The first-order valence-corrected chi connectivity index (χ1v) is 8.05. The van der Waals surface area contributed by atoms with Crippen molar-refractivity contribution >= 4 is 17.5 Å². The molecule has 0 saturated carbocycles. The maximum absolute atomic E-state index is 12.9. The Labute approximate surface area is 144 Å². The van der Waals surface area contributed by atoms with E-state index in [1.54, 1.807) is 12.1 Å². The Balaban J connectivity index is 1.62. The molecule has 0 spiro atoms. The van der Waals surface area contributed by atoms with Crippen molar-refractivity contribution < 1.29 is 18.7 Å². The fourth-order valence-corrected chi connectivity index (χ4v) is 2.52. The Hall–Kier alpha value is -2.80. The number of hydrogen-bond acceptors (Lipinski definition) is 4. The molecule has 6 nitrogen and oxygen atoms in total. The number of nitrogens with one attached hydrogen (secondary N) is 2. The van der Waals surface area contributed by atoms with Crippen molar-refractivity contribution in [3.63, 3.8) is 0 Å². The van der Waals surface area contributed by atoms with E-state index >= 15 is 0 Å². The number of amides is 2. The van der Waals surface area contributed by atoms with Gasteiger partial charge in [0.2, 0.25) is 0 Å². The molecule has 2 N–H and O–H groups in total. The molecule has 1 aromatic heterocycles. The van der Waals surface area contributed by atoms with Gasteiger partial charge in [-0.25, -0.2) is 9.37 Å². The molecule has 0 radical (unpaired) electrons. The van der Waals surface area contributed by atoms with E-state index in [4.69, 9.17) is 4.74 Å². The molecule has 1 aromatic carbocycles. The molecule has 1 saturated heterocycles. The number of halogens is 1. The number of nitrogens with zero attached hydrogens (tertiary/aromatic N) is 1. The fraction of sp³-hybridized carbons (Fsp3) is 0.278. The molecule has 1 fully saturated rings. The van der Waals surface area contributed by atoms with Gasteiger partial charge in [0.15, 0.2) is 0 Å². The molecular weight excluding hydrogens is 325 g/mol. The second-order valence-corrected chi connectivity index (χ2v) is 5.71. The lowest BCUT2D eigenvalue weighted by atomic mass is 10.2. The number of anilines is 1. The Kier molecular flexibility index (Phi) is 5.35. The highest BCUT2D eigenvalue weighted by atomic mass is 19.1. The number of hydrogen-bond donors (Lipinski definition) is 2. The topological polar surface area (TPSA) is 80.3 Å². The maximum atomic E-state index is 12.9. The van der Waals surface area contributed by atoms with Crippen molar-refractivity contribution in [3.05, 3.63) is 59.7 Å². The zero-order valence-electron chi connectivity index (χ0n) is 13.5. The van der Waals surface area contributed by atoms with Crippen LogP contribution in [0.4, 0.5) is 10.1 Å². The number of pyridine rings is 1. The summed E-state index contributed by atoms with van der Waals surface area (Å²) >= 11 is 0. The highest BCUT2D eigenvalue weighted by molar-refractivity contribution is 6.03. The van der Waals surface area contributed by atoms with E-state index in [0.717, 1.165) is 19.4 Å². The van der Waals surface area contributed by atoms with Crippen molar-refractivity contribution in [1.82, 2.24) is 10.3 Å². The summed E-state index contributed by atoms with van der Waals surface area (Å²) in [5.41, 5.74) is 0.709. The third-order valence-corrected chi connectivity index (χ3v) is 3.83. The van der Waals surface area contributed by atoms with Crippen molar-refractivity contribution in [1.29, 1.82) is 0 Å². The van der Waals surface area contributed by atoms with Crippen LogP contribution in [0.25, 0.3) is 0 Å². The zero-order chi connectivity index (χ0) is 17.6. The SMILES string of the molecule is O=C(NCC1CCCO1)c1cccc(C(=O)Nc2ccc(F)cc2)n1. The molecule has 0 bridgehead atoms. The summed E-state index contributed by atoms with van der Waals surface area (Å²) in [7, 11) is 0. The minimum absolute atomic E-state index is 0.0360. The van der Waals surface area contributed by atoms with E-state index in [9.17, 15) is 14.0 Å². The summed E-state index contributed by atoms with van der Waals surface area (Å²) in [6.07, 6.45) is 1.96. The van der Waals surface area contributed by atoms with Crippen molar-refractivity contribution in [2.75, 3.05) is 18.5 Å². The van der Waals surface area contributed by atoms with Crippen LogP contribution in [0.5, 0.6) is 0 Å². The predicted molar refractivity (Wildman–Crippen MR) is 89.9 cm³/mol. The number of rotatable bonds is 5. The molecule has 130 valence electrons. The highest BCUT2D eigenvalue weighted by Gasteiger charge is 2.18. The van der Waals surface area contributed by atoms with Crippen LogP contribution < -0.4 is 10.6 Å². The lowest BCUT2D eigenvalue weighted by Crippen LogP contribution is -2.32. The van der Waals surface area contributed by atoms with E-state index in [1.165, 1.54) is 30.3 Å². The van der Waals surface area contributed by atoms with Crippen LogP contribution in [-0.2, 0) is 4.74 Å². The minimum atomic E-state index is -0.472. The van der Waals surface area contributed by atoms with Crippen LogP contribution in [0, 0.1) is 5.82 Å².